The second-order valence-electron chi connectivity index (χ2n) is 7.26. The average molecular weight is 404 g/mol. The number of nitrogens with zero attached hydrogens (tertiary/aromatic N) is 1. The smallest absolute Gasteiger partial charge is 0.262 e. The van der Waals surface area contributed by atoms with Gasteiger partial charge in [-0.25, -0.2) is 4.39 Å². The highest BCUT2D eigenvalue weighted by molar-refractivity contribution is 6.07. The van der Waals surface area contributed by atoms with Crippen LogP contribution in [0.4, 0.5) is 4.39 Å². The molecule has 0 bridgehead atoms. The van der Waals surface area contributed by atoms with Crippen molar-refractivity contribution in [2.45, 2.75) is 26.4 Å². The lowest BCUT2D eigenvalue weighted by atomic mass is 10.1. The van der Waals surface area contributed by atoms with Gasteiger partial charge in [0.15, 0.2) is 0 Å². The van der Waals surface area contributed by atoms with Crippen molar-refractivity contribution >= 4 is 16.9 Å². The fourth-order valence-corrected chi connectivity index (χ4v) is 3.59. The molecule has 0 spiro atoms. The normalized spacial score (nSPS) is 12.1. The lowest BCUT2D eigenvalue weighted by Crippen LogP contribution is -2.29. The van der Waals surface area contributed by atoms with Crippen LogP contribution in [0.3, 0.4) is 0 Å². The van der Waals surface area contributed by atoms with E-state index >= 15 is 0 Å². The summed E-state index contributed by atoms with van der Waals surface area (Å²) >= 11 is 0. The second kappa shape index (κ2) is 7.99. The first-order valence-electron chi connectivity index (χ1n) is 9.67. The summed E-state index contributed by atoms with van der Waals surface area (Å²) in [6.45, 7) is 3.74. The van der Waals surface area contributed by atoms with Crippen LogP contribution in [0.1, 0.15) is 40.2 Å². The second-order valence-corrected chi connectivity index (χ2v) is 7.26. The summed E-state index contributed by atoms with van der Waals surface area (Å²) in [6, 6.07) is 17.1. The highest BCUT2D eigenvalue weighted by Gasteiger charge is 2.23. The van der Waals surface area contributed by atoms with Gasteiger partial charge in [-0.05, 0) is 43.2 Å². The van der Waals surface area contributed by atoms with Crippen molar-refractivity contribution < 1.29 is 13.6 Å². The molecule has 152 valence electrons. The number of furan rings is 1. The summed E-state index contributed by atoms with van der Waals surface area (Å²) in [5.41, 5.74) is 1.84. The Morgan fingerprint density at radius 3 is 2.63 bits per heavy atom. The zero-order valence-corrected chi connectivity index (χ0v) is 16.7. The number of benzene rings is 2. The molecule has 0 aliphatic heterocycles. The van der Waals surface area contributed by atoms with Crippen LogP contribution < -0.4 is 10.9 Å². The van der Waals surface area contributed by atoms with Gasteiger partial charge < -0.3 is 14.3 Å². The SMILES string of the molecule is Cc1oc2ccn(Cc3cccc(F)c3)c(=O)c2c1C(=O)NC(C)c1ccccc1. The van der Waals surface area contributed by atoms with Gasteiger partial charge in [-0.2, -0.15) is 0 Å². The van der Waals surface area contributed by atoms with Gasteiger partial charge in [0, 0.05) is 6.20 Å². The molecular formula is C24H21FN2O3. The molecule has 0 fully saturated rings. The standard InChI is InChI=1S/C24H21FN2O3/c1-15(18-8-4-3-5-9-18)26-23(28)21-16(2)30-20-11-12-27(24(29)22(20)21)14-17-7-6-10-19(25)13-17/h3-13,15H,14H2,1-2H3,(H,26,28). The molecule has 0 saturated heterocycles. The third-order valence-corrected chi connectivity index (χ3v) is 5.11. The van der Waals surface area contributed by atoms with Crippen LogP contribution in [-0.2, 0) is 6.54 Å². The molecule has 1 N–H and O–H groups in total. The molecule has 6 heteroatoms. The zero-order valence-electron chi connectivity index (χ0n) is 16.7. The van der Waals surface area contributed by atoms with Crippen molar-refractivity contribution in [1.29, 1.82) is 0 Å². The van der Waals surface area contributed by atoms with Gasteiger partial charge in [0.25, 0.3) is 11.5 Å². The molecule has 1 amide bonds. The third kappa shape index (κ3) is 3.76. The van der Waals surface area contributed by atoms with Gasteiger partial charge >= 0.3 is 0 Å². The Labute approximate surface area is 172 Å². The van der Waals surface area contributed by atoms with Crippen LogP contribution in [0, 0.1) is 12.7 Å². The van der Waals surface area contributed by atoms with Gasteiger partial charge in [-0.1, -0.05) is 42.5 Å². The Hall–Kier alpha value is -3.67. The maximum absolute atomic E-state index is 13.5. The molecule has 4 rings (SSSR count). The number of hydrogen-bond donors (Lipinski definition) is 1. The van der Waals surface area contributed by atoms with Crippen LogP contribution in [0.2, 0.25) is 0 Å². The predicted molar refractivity (Wildman–Crippen MR) is 113 cm³/mol. The van der Waals surface area contributed by atoms with Crippen molar-refractivity contribution in [2.24, 2.45) is 0 Å². The van der Waals surface area contributed by atoms with Crippen molar-refractivity contribution in [1.82, 2.24) is 9.88 Å². The minimum absolute atomic E-state index is 0.193. The lowest BCUT2D eigenvalue weighted by Gasteiger charge is -2.14. The number of aryl methyl sites for hydroxylation is 1. The Kier molecular flexibility index (Phi) is 5.23. The Morgan fingerprint density at radius 1 is 1.13 bits per heavy atom. The molecule has 0 saturated carbocycles. The number of rotatable bonds is 5. The van der Waals surface area contributed by atoms with Crippen LogP contribution in [0.5, 0.6) is 0 Å². The van der Waals surface area contributed by atoms with E-state index in [9.17, 15) is 14.0 Å². The van der Waals surface area contributed by atoms with Crippen molar-refractivity contribution in [3.05, 3.63) is 105 Å². The molecule has 5 nitrogen and oxygen atoms in total. The highest BCUT2D eigenvalue weighted by Crippen LogP contribution is 2.24. The monoisotopic (exact) mass is 404 g/mol. The van der Waals surface area contributed by atoms with Gasteiger partial charge in [0.1, 0.15) is 17.2 Å². The van der Waals surface area contributed by atoms with E-state index in [-0.39, 0.29) is 40.8 Å². The molecule has 1 atom stereocenters. The zero-order chi connectivity index (χ0) is 21.3. The first kappa shape index (κ1) is 19.6. The van der Waals surface area contributed by atoms with Crippen LogP contribution in [-0.4, -0.2) is 10.5 Å². The van der Waals surface area contributed by atoms with Crippen molar-refractivity contribution in [3.63, 3.8) is 0 Å². The molecular weight excluding hydrogens is 383 g/mol. The largest absolute Gasteiger partial charge is 0.460 e. The number of aromatic nitrogens is 1. The molecule has 2 aromatic heterocycles. The molecule has 2 heterocycles. The summed E-state index contributed by atoms with van der Waals surface area (Å²) in [5.74, 6) is -0.359. The lowest BCUT2D eigenvalue weighted by molar-refractivity contribution is 0.0939. The maximum Gasteiger partial charge on any atom is 0.262 e. The van der Waals surface area contributed by atoms with E-state index in [1.54, 1.807) is 31.3 Å². The van der Waals surface area contributed by atoms with Gasteiger partial charge in [0.2, 0.25) is 0 Å². The molecule has 1 unspecified atom stereocenters. The van der Waals surface area contributed by atoms with Gasteiger partial charge in [-0.3, -0.25) is 9.59 Å². The van der Waals surface area contributed by atoms with E-state index in [0.29, 0.717) is 16.9 Å². The third-order valence-electron chi connectivity index (χ3n) is 5.11. The van der Waals surface area contributed by atoms with E-state index in [2.05, 4.69) is 5.32 Å². The van der Waals surface area contributed by atoms with E-state index in [1.807, 2.05) is 37.3 Å². The quantitative estimate of drug-likeness (QED) is 0.530. The first-order chi connectivity index (χ1) is 14.4. The number of pyridine rings is 1. The highest BCUT2D eigenvalue weighted by atomic mass is 19.1. The predicted octanol–water partition coefficient (Wildman–Crippen LogP) is 4.58. The number of hydrogen-bond acceptors (Lipinski definition) is 3. The van der Waals surface area contributed by atoms with Crippen LogP contribution in [0.15, 0.2) is 76.1 Å². The average Bonchev–Trinajstić information content (AvgIpc) is 3.07. The Bertz CT molecular complexity index is 1270. The number of carbonyl (C=O) groups excluding carboxylic acids is 1. The summed E-state index contributed by atoms with van der Waals surface area (Å²) in [5, 5.41) is 3.16. The van der Waals surface area contributed by atoms with E-state index in [1.165, 1.54) is 16.7 Å². The maximum atomic E-state index is 13.5. The fourth-order valence-electron chi connectivity index (χ4n) is 3.59. The van der Waals surface area contributed by atoms with E-state index in [0.717, 1.165) is 5.56 Å². The van der Waals surface area contributed by atoms with Crippen molar-refractivity contribution in [3.8, 4) is 0 Å². The summed E-state index contributed by atoms with van der Waals surface area (Å²) in [7, 11) is 0. The molecule has 0 aliphatic carbocycles. The van der Waals surface area contributed by atoms with E-state index < -0.39 is 0 Å². The van der Waals surface area contributed by atoms with Crippen LogP contribution >= 0.6 is 0 Å². The minimum Gasteiger partial charge on any atom is -0.460 e. The number of fused-ring (bicyclic) bond motifs is 1. The van der Waals surface area contributed by atoms with Crippen LogP contribution in [0.25, 0.3) is 11.0 Å². The minimum atomic E-state index is -0.372. The summed E-state index contributed by atoms with van der Waals surface area (Å²) < 4.78 is 20.6. The summed E-state index contributed by atoms with van der Waals surface area (Å²) in [4.78, 5) is 26.2. The summed E-state index contributed by atoms with van der Waals surface area (Å²) in [6.07, 6.45) is 1.59. The van der Waals surface area contributed by atoms with Gasteiger partial charge in [0.05, 0.1) is 23.5 Å². The van der Waals surface area contributed by atoms with E-state index in [4.69, 9.17) is 4.42 Å². The number of carbonyl (C=O) groups is 1. The molecule has 30 heavy (non-hydrogen) atoms. The number of amides is 1. The number of nitrogens with one attached hydrogen (secondary N) is 1. The topological polar surface area (TPSA) is 64.2 Å². The molecule has 0 radical (unpaired) electrons. The molecule has 0 aliphatic rings. The fraction of sp³-hybridized carbons (Fsp3) is 0.167. The molecule has 2 aromatic carbocycles. The first-order valence-corrected chi connectivity index (χ1v) is 9.67. The Morgan fingerprint density at radius 2 is 1.90 bits per heavy atom. The Balaban J connectivity index is 1.70. The van der Waals surface area contributed by atoms with Crippen molar-refractivity contribution in [2.75, 3.05) is 0 Å². The molecule has 4 aromatic rings. The van der Waals surface area contributed by atoms with Gasteiger partial charge in [-0.15, -0.1) is 0 Å². The number of halogens is 1.